The summed E-state index contributed by atoms with van der Waals surface area (Å²) >= 11 is 0. The van der Waals surface area contributed by atoms with Crippen LogP contribution in [0.3, 0.4) is 0 Å². The van der Waals surface area contributed by atoms with E-state index in [2.05, 4.69) is 13.8 Å². The van der Waals surface area contributed by atoms with Crippen molar-refractivity contribution in [2.75, 3.05) is 0 Å². The first-order valence-electron chi connectivity index (χ1n) is 9.71. The monoisotopic (exact) mass is 330 g/mol. The Morgan fingerprint density at radius 2 is 1.92 bits per heavy atom. The standard InChI is InChI=1S/C21H30O3/c1-12(22)15-4-5-16-14-11-19(24)18-10-13(23)6-8-21(18,3)17(14)7-9-20(15,16)2/h10,14-17,19,24H,4-9,11H2,1-3H3/t14-,15+,16-,17-,19+,20-,21-/m1/s1. The predicted octanol–water partition coefficient (Wildman–Crippen LogP) is 3.69. The molecule has 1 N–H and O–H groups in total. The molecule has 3 fully saturated rings. The number of aliphatic hydroxyl groups excluding tert-OH is 1. The van der Waals surface area contributed by atoms with E-state index in [4.69, 9.17) is 0 Å². The van der Waals surface area contributed by atoms with Gasteiger partial charge in [-0.3, -0.25) is 9.59 Å². The molecule has 4 aliphatic carbocycles. The van der Waals surface area contributed by atoms with Crippen molar-refractivity contribution in [3.63, 3.8) is 0 Å². The second kappa shape index (κ2) is 5.27. The fourth-order valence-corrected chi connectivity index (χ4v) is 7.27. The third kappa shape index (κ3) is 2.06. The van der Waals surface area contributed by atoms with Gasteiger partial charge in [0.2, 0.25) is 0 Å². The molecule has 0 radical (unpaired) electrons. The zero-order valence-electron chi connectivity index (χ0n) is 15.2. The number of hydrogen-bond acceptors (Lipinski definition) is 3. The largest absolute Gasteiger partial charge is 0.389 e. The maximum absolute atomic E-state index is 12.2. The summed E-state index contributed by atoms with van der Waals surface area (Å²) in [4.78, 5) is 24.1. The molecule has 4 aliphatic rings. The lowest BCUT2D eigenvalue weighted by atomic mass is 9.46. The first-order chi connectivity index (χ1) is 11.3. The lowest BCUT2D eigenvalue weighted by Gasteiger charge is -2.59. The maximum Gasteiger partial charge on any atom is 0.155 e. The van der Waals surface area contributed by atoms with Crippen molar-refractivity contribution in [1.29, 1.82) is 0 Å². The van der Waals surface area contributed by atoms with E-state index in [0.717, 1.165) is 44.1 Å². The van der Waals surface area contributed by atoms with Crippen LogP contribution >= 0.6 is 0 Å². The van der Waals surface area contributed by atoms with Gasteiger partial charge in [-0.1, -0.05) is 13.8 Å². The van der Waals surface area contributed by atoms with Crippen LogP contribution < -0.4 is 0 Å². The van der Waals surface area contributed by atoms with Gasteiger partial charge in [-0.05, 0) is 85.7 Å². The predicted molar refractivity (Wildman–Crippen MR) is 92.3 cm³/mol. The van der Waals surface area contributed by atoms with E-state index >= 15 is 0 Å². The van der Waals surface area contributed by atoms with E-state index in [-0.39, 0.29) is 22.5 Å². The molecule has 0 saturated heterocycles. The number of aliphatic hydroxyl groups is 1. The fourth-order valence-electron chi connectivity index (χ4n) is 7.27. The molecule has 0 bridgehead atoms. The van der Waals surface area contributed by atoms with Gasteiger partial charge in [-0.2, -0.15) is 0 Å². The normalized spacial score (nSPS) is 50.6. The van der Waals surface area contributed by atoms with Crippen LogP contribution in [0, 0.1) is 34.5 Å². The van der Waals surface area contributed by atoms with Crippen LogP contribution in [0.15, 0.2) is 11.6 Å². The van der Waals surface area contributed by atoms with Crippen LogP contribution in [-0.4, -0.2) is 22.8 Å². The summed E-state index contributed by atoms with van der Waals surface area (Å²) in [6.07, 6.45) is 7.97. The highest BCUT2D eigenvalue weighted by Gasteiger charge is 2.61. The minimum Gasteiger partial charge on any atom is -0.389 e. The van der Waals surface area contributed by atoms with E-state index in [1.54, 1.807) is 13.0 Å². The van der Waals surface area contributed by atoms with E-state index in [1.807, 2.05) is 0 Å². The molecule has 3 nitrogen and oxygen atoms in total. The van der Waals surface area contributed by atoms with Crippen molar-refractivity contribution in [3.8, 4) is 0 Å². The highest BCUT2D eigenvalue weighted by atomic mass is 16.3. The lowest BCUT2D eigenvalue weighted by molar-refractivity contribution is -0.130. The summed E-state index contributed by atoms with van der Waals surface area (Å²) in [6.45, 7) is 6.37. The second-order valence-electron chi connectivity index (χ2n) is 9.40. The molecule has 24 heavy (non-hydrogen) atoms. The van der Waals surface area contributed by atoms with Gasteiger partial charge in [0.1, 0.15) is 5.78 Å². The number of Topliss-reactive ketones (excluding diaryl/α,β-unsaturated/α-hetero) is 1. The second-order valence-corrected chi connectivity index (χ2v) is 9.40. The van der Waals surface area contributed by atoms with Crippen LogP contribution in [0.5, 0.6) is 0 Å². The molecule has 0 amide bonds. The molecule has 7 atom stereocenters. The summed E-state index contributed by atoms with van der Waals surface area (Å²) in [6, 6.07) is 0. The summed E-state index contributed by atoms with van der Waals surface area (Å²) in [5.74, 6) is 2.35. The molecule has 0 spiro atoms. The van der Waals surface area contributed by atoms with Gasteiger partial charge in [0.05, 0.1) is 6.10 Å². The summed E-state index contributed by atoms with van der Waals surface area (Å²) in [5, 5.41) is 10.8. The maximum atomic E-state index is 12.2. The Morgan fingerprint density at radius 1 is 1.17 bits per heavy atom. The van der Waals surface area contributed by atoms with E-state index in [9.17, 15) is 14.7 Å². The Kier molecular flexibility index (Phi) is 3.62. The Balaban J connectivity index is 1.71. The first-order valence-corrected chi connectivity index (χ1v) is 9.71. The minimum absolute atomic E-state index is 0.0219. The van der Waals surface area contributed by atoms with Crippen LogP contribution in [0.4, 0.5) is 0 Å². The zero-order chi connectivity index (χ0) is 17.3. The Labute approximate surface area is 144 Å². The molecule has 0 aliphatic heterocycles. The van der Waals surface area contributed by atoms with Crippen LogP contribution in [0.25, 0.3) is 0 Å². The molecule has 3 saturated carbocycles. The molecule has 0 aromatic carbocycles. The van der Waals surface area contributed by atoms with Crippen LogP contribution in [0.1, 0.15) is 65.7 Å². The van der Waals surface area contributed by atoms with Crippen LogP contribution in [0.2, 0.25) is 0 Å². The Bertz CT molecular complexity index is 621. The van der Waals surface area contributed by atoms with Gasteiger partial charge >= 0.3 is 0 Å². The smallest absolute Gasteiger partial charge is 0.155 e. The number of carbonyl (C=O) groups is 2. The quantitative estimate of drug-likeness (QED) is 0.797. The van der Waals surface area contributed by atoms with E-state index in [0.29, 0.717) is 30.0 Å². The van der Waals surface area contributed by atoms with Gasteiger partial charge in [0, 0.05) is 12.3 Å². The van der Waals surface area contributed by atoms with Gasteiger partial charge in [0.15, 0.2) is 5.78 Å². The number of rotatable bonds is 1. The average Bonchev–Trinajstić information content (AvgIpc) is 2.87. The highest BCUT2D eigenvalue weighted by Crippen LogP contribution is 2.66. The summed E-state index contributed by atoms with van der Waals surface area (Å²) in [5.41, 5.74) is 1.10. The number of ketones is 2. The van der Waals surface area contributed by atoms with Crippen molar-refractivity contribution in [2.45, 2.75) is 71.8 Å². The third-order valence-electron chi connectivity index (χ3n) is 8.47. The topological polar surface area (TPSA) is 54.4 Å². The Hall–Kier alpha value is -0.960. The van der Waals surface area contributed by atoms with E-state index in [1.165, 1.54) is 0 Å². The van der Waals surface area contributed by atoms with Gasteiger partial charge < -0.3 is 5.11 Å². The zero-order valence-corrected chi connectivity index (χ0v) is 15.2. The van der Waals surface area contributed by atoms with Gasteiger partial charge in [-0.25, -0.2) is 0 Å². The molecule has 3 heteroatoms. The summed E-state index contributed by atoms with van der Waals surface area (Å²) < 4.78 is 0. The summed E-state index contributed by atoms with van der Waals surface area (Å²) in [7, 11) is 0. The number of carbonyl (C=O) groups excluding carboxylic acids is 2. The third-order valence-corrected chi connectivity index (χ3v) is 8.47. The molecule has 0 aromatic heterocycles. The molecular formula is C21H30O3. The lowest BCUT2D eigenvalue weighted by Crippen LogP contribution is -2.54. The van der Waals surface area contributed by atoms with E-state index < -0.39 is 6.10 Å². The molecule has 132 valence electrons. The van der Waals surface area contributed by atoms with Gasteiger partial charge in [0.25, 0.3) is 0 Å². The van der Waals surface area contributed by atoms with Crippen molar-refractivity contribution < 1.29 is 14.7 Å². The molecule has 4 rings (SSSR count). The van der Waals surface area contributed by atoms with Gasteiger partial charge in [-0.15, -0.1) is 0 Å². The molecule has 0 unspecified atom stereocenters. The SMILES string of the molecule is CC(=O)[C@@H]1CC[C@@H]2[C@H]3C[C@H](O)C4=CC(=O)CC[C@]4(C)[C@@H]3CC[C@@]21C. The molecule has 0 aromatic rings. The minimum atomic E-state index is -0.473. The van der Waals surface area contributed by atoms with Crippen molar-refractivity contribution in [3.05, 3.63) is 11.6 Å². The van der Waals surface area contributed by atoms with Crippen molar-refractivity contribution in [1.82, 2.24) is 0 Å². The van der Waals surface area contributed by atoms with Crippen LogP contribution in [-0.2, 0) is 9.59 Å². The fraction of sp³-hybridized carbons (Fsp3) is 0.810. The highest BCUT2D eigenvalue weighted by molar-refractivity contribution is 5.91. The van der Waals surface area contributed by atoms with Crippen molar-refractivity contribution >= 4 is 11.6 Å². The molecule has 0 heterocycles. The number of hydrogen-bond donors (Lipinski definition) is 1. The first kappa shape index (κ1) is 16.5. The average molecular weight is 330 g/mol. The number of fused-ring (bicyclic) bond motifs is 5. The van der Waals surface area contributed by atoms with Crippen molar-refractivity contribution in [2.24, 2.45) is 34.5 Å². The Morgan fingerprint density at radius 3 is 2.62 bits per heavy atom. The molecular weight excluding hydrogens is 300 g/mol.